The highest BCUT2D eigenvalue weighted by Crippen LogP contribution is 2.58. The number of hydrogen-bond donors (Lipinski definition) is 1. The van der Waals surface area contributed by atoms with Crippen molar-refractivity contribution in [3.8, 4) is 0 Å². The van der Waals surface area contributed by atoms with Crippen LogP contribution < -0.4 is 0 Å². The Morgan fingerprint density at radius 2 is 1.76 bits per heavy atom. The fraction of sp³-hybridized carbons (Fsp3) is 0.933. The summed E-state index contributed by atoms with van der Waals surface area (Å²) in [7, 11) is 0. The lowest BCUT2D eigenvalue weighted by Crippen LogP contribution is -2.33. The second-order valence-corrected chi connectivity index (χ2v) is 6.85. The Morgan fingerprint density at radius 1 is 1.24 bits per heavy atom. The lowest BCUT2D eigenvalue weighted by atomic mass is 9.65. The zero-order chi connectivity index (χ0) is 12.7. The van der Waals surface area contributed by atoms with Gasteiger partial charge in [0.2, 0.25) is 0 Å². The summed E-state index contributed by atoms with van der Waals surface area (Å²) >= 11 is 0. The van der Waals surface area contributed by atoms with E-state index in [1.165, 1.54) is 19.3 Å². The van der Waals surface area contributed by atoms with E-state index in [4.69, 9.17) is 0 Å². The highest BCUT2D eigenvalue weighted by Gasteiger charge is 2.56. The van der Waals surface area contributed by atoms with Crippen molar-refractivity contribution in [2.45, 2.75) is 65.7 Å². The zero-order valence-electron chi connectivity index (χ0n) is 11.5. The maximum absolute atomic E-state index is 11.3. The molecule has 0 atom stereocenters. The summed E-state index contributed by atoms with van der Waals surface area (Å²) < 4.78 is 0. The number of rotatable bonds is 4. The van der Waals surface area contributed by atoms with Gasteiger partial charge in [0.05, 0.1) is 5.41 Å². The summed E-state index contributed by atoms with van der Waals surface area (Å²) in [4.78, 5) is 11.3. The predicted molar refractivity (Wildman–Crippen MR) is 68.8 cm³/mol. The number of aliphatic carboxylic acids is 1. The molecule has 2 fully saturated rings. The number of carboxylic acids is 1. The fourth-order valence-electron chi connectivity index (χ4n) is 3.65. The maximum atomic E-state index is 11.3. The average molecular weight is 238 g/mol. The smallest absolute Gasteiger partial charge is 0.309 e. The van der Waals surface area contributed by atoms with Crippen molar-refractivity contribution in [3.05, 3.63) is 0 Å². The van der Waals surface area contributed by atoms with Crippen molar-refractivity contribution in [1.29, 1.82) is 0 Å². The fourth-order valence-corrected chi connectivity index (χ4v) is 3.65. The van der Waals surface area contributed by atoms with Crippen LogP contribution >= 0.6 is 0 Å². The monoisotopic (exact) mass is 238 g/mol. The van der Waals surface area contributed by atoms with Crippen molar-refractivity contribution in [2.75, 3.05) is 0 Å². The third kappa shape index (κ3) is 2.23. The van der Waals surface area contributed by atoms with E-state index in [0.717, 1.165) is 31.6 Å². The van der Waals surface area contributed by atoms with Gasteiger partial charge in [0.15, 0.2) is 0 Å². The molecule has 0 aromatic rings. The molecule has 0 saturated heterocycles. The Labute approximate surface area is 105 Å². The molecule has 98 valence electrons. The molecule has 0 unspecified atom stereocenters. The molecule has 1 N–H and O–H groups in total. The second-order valence-electron chi connectivity index (χ2n) is 6.85. The van der Waals surface area contributed by atoms with Gasteiger partial charge in [-0.2, -0.15) is 0 Å². The molecule has 0 aliphatic heterocycles. The highest BCUT2D eigenvalue weighted by atomic mass is 16.4. The summed E-state index contributed by atoms with van der Waals surface area (Å²) in [6.45, 7) is 7.00. The Bertz CT molecular complexity index is 294. The Hall–Kier alpha value is -0.530. The van der Waals surface area contributed by atoms with Gasteiger partial charge in [-0.25, -0.2) is 0 Å². The van der Waals surface area contributed by atoms with E-state index in [1.54, 1.807) is 0 Å². The van der Waals surface area contributed by atoms with Crippen molar-refractivity contribution >= 4 is 5.97 Å². The number of carbonyl (C=O) groups is 1. The molecular weight excluding hydrogens is 212 g/mol. The standard InChI is InChI=1S/C15H26O2/c1-4-14(2,3)11-5-7-12(8-6-11)15(9-10-15)13(16)17/h11-12H,4-10H2,1-3H3,(H,16,17). The lowest BCUT2D eigenvalue weighted by molar-refractivity contribution is -0.146. The van der Waals surface area contributed by atoms with Crippen LogP contribution in [0, 0.1) is 22.7 Å². The van der Waals surface area contributed by atoms with Gasteiger partial charge in [-0.3, -0.25) is 4.79 Å². The van der Waals surface area contributed by atoms with E-state index < -0.39 is 5.97 Å². The molecule has 17 heavy (non-hydrogen) atoms. The third-order valence-electron chi connectivity index (χ3n) is 5.74. The average Bonchev–Trinajstić information content (AvgIpc) is 3.10. The minimum absolute atomic E-state index is 0.304. The van der Waals surface area contributed by atoms with Crippen molar-refractivity contribution in [2.24, 2.45) is 22.7 Å². The van der Waals surface area contributed by atoms with Gasteiger partial charge in [0.1, 0.15) is 0 Å². The van der Waals surface area contributed by atoms with Crippen molar-refractivity contribution in [3.63, 3.8) is 0 Å². The van der Waals surface area contributed by atoms with E-state index in [-0.39, 0.29) is 5.41 Å². The highest BCUT2D eigenvalue weighted by molar-refractivity contribution is 5.78. The van der Waals surface area contributed by atoms with Gasteiger partial charge in [0, 0.05) is 0 Å². The first-order chi connectivity index (χ1) is 7.92. The molecule has 0 spiro atoms. The molecule has 2 aliphatic rings. The van der Waals surface area contributed by atoms with Crippen LogP contribution in [0.25, 0.3) is 0 Å². The zero-order valence-corrected chi connectivity index (χ0v) is 11.5. The molecule has 0 aromatic carbocycles. The number of hydrogen-bond acceptors (Lipinski definition) is 1. The Morgan fingerprint density at radius 3 is 2.12 bits per heavy atom. The first-order valence-electron chi connectivity index (χ1n) is 7.16. The van der Waals surface area contributed by atoms with Crippen LogP contribution in [0.5, 0.6) is 0 Å². The first-order valence-corrected chi connectivity index (χ1v) is 7.16. The molecule has 0 radical (unpaired) electrons. The molecular formula is C15H26O2. The van der Waals surface area contributed by atoms with Crippen LogP contribution in [0.3, 0.4) is 0 Å². The minimum Gasteiger partial charge on any atom is -0.481 e. The topological polar surface area (TPSA) is 37.3 Å². The van der Waals surface area contributed by atoms with Crippen LogP contribution in [0.4, 0.5) is 0 Å². The normalized spacial score (nSPS) is 32.2. The Balaban J connectivity index is 1.93. The molecule has 2 rings (SSSR count). The van der Waals surface area contributed by atoms with E-state index in [0.29, 0.717) is 11.3 Å². The van der Waals surface area contributed by atoms with Crippen LogP contribution in [0.1, 0.15) is 65.7 Å². The van der Waals surface area contributed by atoms with Crippen LogP contribution in [-0.2, 0) is 4.79 Å². The van der Waals surface area contributed by atoms with Crippen molar-refractivity contribution < 1.29 is 9.90 Å². The minimum atomic E-state index is -0.532. The SMILES string of the molecule is CCC(C)(C)C1CCC(C2(C(=O)O)CC2)CC1. The molecule has 0 aromatic heterocycles. The van der Waals surface area contributed by atoms with Crippen LogP contribution in [-0.4, -0.2) is 11.1 Å². The number of carboxylic acid groups (broad SMARTS) is 1. The van der Waals surface area contributed by atoms with E-state index in [9.17, 15) is 9.90 Å². The van der Waals surface area contributed by atoms with Crippen LogP contribution in [0.2, 0.25) is 0 Å². The van der Waals surface area contributed by atoms with Gasteiger partial charge in [-0.15, -0.1) is 0 Å². The summed E-state index contributed by atoms with van der Waals surface area (Å²) in [5.74, 6) is 0.730. The van der Waals surface area contributed by atoms with E-state index in [2.05, 4.69) is 20.8 Å². The molecule has 2 nitrogen and oxygen atoms in total. The summed E-state index contributed by atoms with van der Waals surface area (Å²) in [6, 6.07) is 0. The molecule has 0 heterocycles. The predicted octanol–water partition coefficient (Wildman–Crippen LogP) is 4.09. The van der Waals surface area contributed by atoms with E-state index in [1.807, 2.05) is 0 Å². The van der Waals surface area contributed by atoms with Gasteiger partial charge in [-0.05, 0) is 55.8 Å². The molecule has 2 heteroatoms. The molecule has 2 saturated carbocycles. The summed E-state index contributed by atoms with van der Waals surface area (Å²) in [5.41, 5.74) is 0.131. The largest absolute Gasteiger partial charge is 0.481 e. The quantitative estimate of drug-likeness (QED) is 0.800. The first kappa shape index (κ1) is 12.9. The summed E-state index contributed by atoms with van der Waals surface area (Å²) in [5, 5.41) is 9.33. The summed E-state index contributed by atoms with van der Waals surface area (Å²) in [6.07, 6.45) is 7.83. The van der Waals surface area contributed by atoms with Gasteiger partial charge in [0.25, 0.3) is 0 Å². The Kier molecular flexibility index (Phi) is 3.26. The second kappa shape index (κ2) is 4.29. The van der Waals surface area contributed by atoms with Gasteiger partial charge in [-0.1, -0.05) is 27.2 Å². The van der Waals surface area contributed by atoms with Gasteiger partial charge < -0.3 is 5.11 Å². The third-order valence-corrected chi connectivity index (χ3v) is 5.74. The maximum Gasteiger partial charge on any atom is 0.309 e. The van der Waals surface area contributed by atoms with Crippen LogP contribution in [0.15, 0.2) is 0 Å². The molecule has 0 bridgehead atoms. The lowest BCUT2D eigenvalue weighted by Gasteiger charge is -2.40. The molecule has 0 amide bonds. The van der Waals surface area contributed by atoms with E-state index >= 15 is 0 Å². The van der Waals surface area contributed by atoms with Gasteiger partial charge >= 0.3 is 5.97 Å². The molecule has 2 aliphatic carbocycles. The van der Waals surface area contributed by atoms with Crippen molar-refractivity contribution in [1.82, 2.24) is 0 Å².